The summed E-state index contributed by atoms with van der Waals surface area (Å²) in [5.41, 5.74) is 0.705. The van der Waals surface area contributed by atoms with Gasteiger partial charge in [0.15, 0.2) is 0 Å². The van der Waals surface area contributed by atoms with Crippen LogP contribution < -0.4 is 5.32 Å². The average Bonchev–Trinajstić information content (AvgIpc) is 2.79. The predicted octanol–water partition coefficient (Wildman–Crippen LogP) is 1.38. The van der Waals surface area contributed by atoms with E-state index in [-0.39, 0.29) is 42.1 Å². The highest BCUT2D eigenvalue weighted by atomic mass is 35.5. The van der Waals surface area contributed by atoms with Gasteiger partial charge >= 0.3 is 0 Å². The van der Waals surface area contributed by atoms with E-state index in [1.165, 1.54) is 0 Å². The van der Waals surface area contributed by atoms with Crippen LogP contribution in [0.1, 0.15) is 36.0 Å². The third-order valence-corrected chi connectivity index (χ3v) is 6.43. The van der Waals surface area contributed by atoms with Gasteiger partial charge in [-0.25, -0.2) is 0 Å². The summed E-state index contributed by atoms with van der Waals surface area (Å²) in [4.78, 5) is 43.7. The van der Waals surface area contributed by atoms with Crippen molar-refractivity contribution in [3.8, 4) is 0 Å². The summed E-state index contributed by atoms with van der Waals surface area (Å²) in [5, 5.41) is 3.11. The second kappa shape index (κ2) is 10.3. The second-order valence-corrected chi connectivity index (χ2v) is 8.28. The molecule has 4 rings (SSSR count). The molecule has 3 fully saturated rings. The van der Waals surface area contributed by atoms with Gasteiger partial charge in [0.1, 0.15) is 0 Å². The molecule has 3 aliphatic heterocycles. The molecule has 0 bridgehead atoms. The number of hydrogen-bond donors (Lipinski definition) is 1. The van der Waals surface area contributed by atoms with Crippen LogP contribution in [-0.4, -0.2) is 84.3 Å². The first-order valence-corrected chi connectivity index (χ1v) is 10.8. The maximum Gasteiger partial charge on any atom is 0.253 e. The van der Waals surface area contributed by atoms with Crippen LogP contribution >= 0.6 is 12.4 Å². The Morgan fingerprint density at radius 1 is 0.933 bits per heavy atom. The Kier molecular flexibility index (Phi) is 7.72. The Bertz CT molecular complexity index is 752. The van der Waals surface area contributed by atoms with Crippen molar-refractivity contribution in [2.24, 2.45) is 5.92 Å². The Labute approximate surface area is 184 Å². The zero-order valence-corrected chi connectivity index (χ0v) is 18.1. The van der Waals surface area contributed by atoms with Gasteiger partial charge in [-0.15, -0.1) is 12.4 Å². The number of halogens is 1. The first-order valence-electron chi connectivity index (χ1n) is 10.8. The molecule has 30 heavy (non-hydrogen) atoms. The van der Waals surface area contributed by atoms with Gasteiger partial charge in [-0.3, -0.25) is 14.4 Å². The lowest BCUT2D eigenvalue weighted by atomic mass is 9.93. The molecular weight excluding hydrogens is 404 g/mol. The number of piperazine rings is 1. The molecule has 0 aliphatic carbocycles. The Balaban J connectivity index is 0.00000256. The molecule has 1 aromatic carbocycles. The maximum atomic E-state index is 13.1. The monoisotopic (exact) mass is 434 g/mol. The van der Waals surface area contributed by atoms with Gasteiger partial charge in [-0.1, -0.05) is 18.2 Å². The number of hydrogen-bond acceptors (Lipinski definition) is 4. The smallest absolute Gasteiger partial charge is 0.253 e. The minimum absolute atomic E-state index is 0. The van der Waals surface area contributed by atoms with Crippen molar-refractivity contribution in [1.29, 1.82) is 0 Å². The Morgan fingerprint density at radius 2 is 1.67 bits per heavy atom. The number of amides is 3. The van der Waals surface area contributed by atoms with E-state index in [0.29, 0.717) is 44.6 Å². The summed E-state index contributed by atoms with van der Waals surface area (Å²) in [5.74, 6) is 0.367. The maximum absolute atomic E-state index is 13.1. The van der Waals surface area contributed by atoms with Gasteiger partial charge < -0.3 is 20.0 Å². The summed E-state index contributed by atoms with van der Waals surface area (Å²) in [6, 6.07) is 9.47. The number of rotatable bonds is 3. The van der Waals surface area contributed by atoms with E-state index in [2.05, 4.69) is 5.32 Å². The number of likely N-dealkylation sites (tertiary alicyclic amines) is 2. The van der Waals surface area contributed by atoms with Crippen LogP contribution in [0.3, 0.4) is 0 Å². The van der Waals surface area contributed by atoms with Crippen LogP contribution in [0.2, 0.25) is 0 Å². The fourth-order valence-electron chi connectivity index (χ4n) is 4.77. The van der Waals surface area contributed by atoms with Gasteiger partial charge in [0.2, 0.25) is 11.8 Å². The molecule has 3 aliphatic rings. The van der Waals surface area contributed by atoms with Crippen molar-refractivity contribution in [1.82, 2.24) is 20.0 Å². The van der Waals surface area contributed by atoms with Gasteiger partial charge in [-0.05, 0) is 37.8 Å². The molecule has 3 amide bonds. The van der Waals surface area contributed by atoms with Crippen molar-refractivity contribution >= 4 is 30.1 Å². The lowest BCUT2D eigenvalue weighted by Crippen LogP contribution is -2.58. The van der Waals surface area contributed by atoms with Gasteiger partial charge in [0, 0.05) is 56.8 Å². The first-order chi connectivity index (χ1) is 14.1. The van der Waals surface area contributed by atoms with E-state index in [1.807, 2.05) is 45.0 Å². The SMILES string of the molecule is Cl.O=C(c1ccccc1)N1CCC(C(=O)N2CCCC(N3CCNCC3=O)C2)CC1. The molecular formula is C22H31ClN4O3. The number of carbonyl (C=O) groups is 3. The van der Waals surface area contributed by atoms with E-state index >= 15 is 0 Å². The minimum atomic E-state index is -0.0210. The highest BCUT2D eigenvalue weighted by molar-refractivity contribution is 5.94. The summed E-state index contributed by atoms with van der Waals surface area (Å²) in [6.45, 7) is 4.62. The summed E-state index contributed by atoms with van der Waals surface area (Å²) in [6.07, 6.45) is 3.34. The van der Waals surface area contributed by atoms with E-state index in [0.717, 1.165) is 32.5 Å². The number of carbonyl (C=O) groups excluding carboxylic acids is 3. The normalized spacial score (nSPS) is 23.1. The van der Waals surface area contributed by atoms with E-state index < -0.39 is 0 Å². The standard InChI is InChI=1S/C22H30N4O3.ClH/c27-20-15-23-10-14-26(20)19-7-4-11-25(16-19)22(29)18-8-12-24(13-9-18)21(28)17-5-2-1-3-6-17;/h1-3,5-6,18-19,23H,4,7-16H2;1H. The summed E-state index contributed by atoms with van der Waals surface area (Å²) < 4.78 is 0. The fourth-order valence-corrected chi connectivity index (χ4v) is 4.77. The van der Waals surface area contributed by atoms with Gasteiger partial charge in [0.05, 0.1) is 6.54 Å². The van der Waals surface area contributed by atoms with Crippen LogP contribution in [0.4, 0.5) is 0 Å². The molecule has 0 spiro atoms. The minimum Gasteiger partial charge on any atom is -0.340 e. The Morgan fingerprint density at radius 3 is 2.37 bits per heavy atom. The number of nitrogens with zero attached hydrogens (tertiary/aromatic N) is 3. The number of benzene rings is 1. The van der Waals surface area contributed by atoms with Gasteiger partial charge in [0.25, 0.3) is 5.91 Å². The Hall–Kier alpha value is -2.12. The number of nitrogens with one attached hydrogen (secondary N) is 1. The topological polar surface area (TPSA) is 73.0 Å². The third-order valence-electron chi connectivity index (χ3n) is 6.43. The molecule has 1 atom stereocenters. The van der Waals surface area contributed by atoms with Crippen LogP contribution in [-0.2, 0) is 9.59 Å². The van der Waals surface area contributed by atoms with Gasteiger partial charge in [-0.2, -0.15) is 0 Å². The van der Waals surface area contributed by atoms with Crippen molar-refractivity contribution in [3.05, 3.63) is 35.9 Å². The molecule has 7 nitrogen and oxygen atoms in total. The fraction of sp³-hybridized carbons (Fsp3) is 0.591. The lowest BCUT2D eigenvalue weighted by molar-refractivity contribution is -0.143. The molecule has 0 aromatic heterocycles. The van der Waals surface area contributed by atoms with Crippen LogP contribution in [0.5, 0.6) is 0 Å². The summed E-state index contributed by atoms with van der Waals surface area (Å²) in [7, 11) is 0. The van der Waals surface area contributed by atoms with E-state index in [4.69, 9.17) is 0 Å². The molecule has 1 N–H and O–H groups in total. The quantitative estimate of drug-likeness (QED) is 0.780. The van der Waals surface area contributed by atoms with Crippen LogP contribution in [0.25, 0.3) is 0 Å². The average molecular weight is 435 g/mol. The van der Waals surface area contributed by atoms with E-state index in [9.17, 15) is 14.4 Å². The van der Waals surface area contributed by atoms with Crippen molar-refractivity contribution < 1.29 is 14.4 Å². The molecule has 3 saturated heterocycles. The van der Waals surface area contributed by atoms with E-state index in [1.54, 1.807) is 0 Å². The predicted molar refractivity (Wildman–Crippen MR) is 117 cm³/mol. The second-order valence-electron chi connectivity index (χ2n) is 8.28. The highest BCUT2D eigenvalue weighted by Crippen LogP contribution is 2.24. The van der Waals surface area contributed by atoms with Crippen molar-refractivity contribution in [2.75, 3.05) is 45.8 Å². The zero-order chi connectivity index (χ0) is 20.2. The molecule has 164 valence electrons. The lowest BCUT2D eigenvalue weighted by Gasteiger charge is -2.42. The van der Waals surface area contributed by atoms with Crippen molar-refractivity contribution in [3.63, 3.8) is 0 Å². The highest BCUT2D eigenvalue weighted by Gasteiger charge is 2.35. The molecule has 3 heterocycles. The molecule has 0 saturated carbocycles. The molecule has 1 unspecified atom stereocenters. The van der Waals surface area contributed by atoms with Crippen molar-refractivity contribution in [2.45, 2.75) is 31.7 Å². The first kappa shape index (κ1) is 22.6. The number of piperidine rings is 2. The van der Waals surface area contributed by atoms with Crippen LogP contribution in [0, 0.1) is 5.92 Å². The van der Waals surface area contributed by atoms with Crippen LogP contribution in [0.15, 0.2) is 30.3 Å². The summed E-state index contributed by atoms with van der Waals surface area (Å²) >= 11 is 0. The molecule has 0 radical (unpaired) electrons. The molecule has 1 aromatic rings. The largest absolute Gasteiger partial charge is 0.340 e. The molecule has 8 heteroatoms. The third kappa shape index (κ3) is 4.95. The zero-order valence-electron chi connectivity index (χ0n) is 17.3.